The van der Waals surface area contributed by atoms with Gasteiger partial charge in [-0.3, -0.25) is 9.59 Å². The number of rotatable bonds is 4. The molecular weight excluding hydrogens is 396 g/mol. The molecule has 0 aromatic heterocycles. The Kier molecular flexibility index (Phi) is 6.99. The average molecular weight is 423 g/mol. The first-order chi connectivity index (χ1) is 15.7. The highest BCUT2D eigenvalue weighted by atomic mass is 16.2. The van der Waals surface area contributed by atoms with E-state index in [2.05, 4.69) is 29.3 Å². The summed E-state index contributed by atoms with van der Waals surface area (Å²) in [6, 6.07) is 27.3. The molecule has 4 heteroatoms. The van der Waals surface area contributed by atoms with Crippen LogP contribution in [-0.4, -0.2) is 36.3 Å². The van der Waals surface area contributed by atoms with Crippen molar-refractivity contribution in [3.8, 4) is 23.0 Å². The lowest BCUT2D eigenvalue weighted by atomic mass is 9.97. The minimum atomic E-state index is -0.151. The predicted molar refractivity (Wildman–Crippen MR) is 127 cm³/mol. The molecule has 0 bridgehead atoms. The van der Waals surface area contributed by atoms with Gasteiger partial charge in [0, 0.05) is 36.7 Å². The van der Waals surface area contributed by atoms with Gasteiger partial charge in [-0.15, -0.1) is 0 Å². The summed E-state index contributed by atoms with van der Waals surface area (Å²) in [5, 5.41) is 3.03. The highest BCUT2D eigenvalue weighted by molar-refractivity contribution is 5.95. The van der Waals surface area contributed by atoms with Gasteiger partial charge in [0.25, 0.3) is 11.8 Å². The SMILES string of the molecule is O=C(NC[C@H]1CCCN(C(=O)C#Cc2ccccc2)C1)c1ccc(-c2ccccc2)cc1. The van der Waals surface area contributed by atoms with Crippen molar-refractivity contribution >= 4 is 11.8 Å². The summed E-state index contributed by atoms with van der Waals surface area (Å²) in [4.78, 5) is 26.9. The van der Waals surface area contributed by atoms with Crippen LogP contribution in [0.25, 0.3) is 11.1 Å². The maximum Gasteiger partial charge on any atom is 0.298 e. The summed E-state index contributed by atoms with van der Waals surface area (Å²) >= 11 is 0. The van der Waals surface area contributed by atoms with Crippen molar-refractivity contribution in [2.45, 2.75) is 12.8 Å². The molecule has 0 aliphatic carbocycles. The minimum absolute atomic E-state index is 0.0862. The third kappa shape index (κ3) is 5.65. The van der Waals surface area contributed by atoms with Crippen LogP contribution in [0.4, 0.5) is 0 Å². The highest BCUT2D eigenvalue weighted by Gasteiger charge is 2.23. The van der Waals surface area contributed by atoms with E-state index < -0.39 is 0 Å². The van der Waals surface area contributed by atoms with Crippen LogP contribution in [0.1, 0.15) is 28.8 Å². The highest BCUT2D eigenvalue weighted by Crippen LogP contribution is 2.20. The van der Waals surface area contributed by atoms with Crippen molar-refractivity contribution in [1.82, 2.24) is 10.2 Å². The molecule has 4 rings (SSSR count). The van der Waals surface area contributed by atoms with Crippen molar-refractivity contribution in [1.29, 1.82) is 0 Å². The van der Waals surface area contributed by atoms with Crippen LogP contribution in [0.5, 0.6) is 0 Å². The lowest BCUT2D eigenvalue weighted by molar-refractivity contribution is -0.126. The summed E-state index contributed by atoms with van der Waals surface area (Å²) in [7, 11) is 0. The number of hydrogen-bond donors (Lipinski definition) is 1. The summed E-state index contributed by atoms with van der Waals surface area (Å²) in [6.45, 7) is 1.89. The fraction of sp³-hybridized carbons (Fsp3) is 0.214. The average Bonchev–Trinajstić information content (AvgIpc) is 2.87. The molecule has 1 N–H and O–H groups in total. The van der Waals surface area contributed by atoms with Crippen LogP contribution in [0.3, 0.4) is 0 Å². The maximum absolute atomic E-state index is 12.6. The number of carbonyl (C=O) groups excluding carboxylic acids is 2. The minimum Gasteiger partial charge on any atom is -0.352 e. The number of hydrogen-bond acceptors (Lipinski definition) is 2. The number of benzene rings is 3. The first-order valence-electron chi connectivity index (χ1n) is 11.0. The Morgan fingerprint density at radius 3 is 2.25 bits per heavy atom. The summed E-state index contributed by atoms with van der Waals surface area (Å²) in [5.41, 5.74) is 3.68. The molecule has 0 saturated carbocycles. The van der Waals surface area contributed by atoms with Crippen molar-refractivity contribution in [2.75, 3.05) is 19.6 Å². The van der Waals surface area contributed by atoms with Gasteiger partial charge in [0.1, 0.15) is 0 Å². The van der Waals surface area contributed by atoms with E-state index >= 15 is 0 Å². The fourth-order valence-corrected chi connectivity index (χ4v) is 3.93. The first-order valence-corrected chi connectivity index (χ1v) is 11.0. The molecule has 160 valence electrons. The van der Waals surface area contributed by atoms with Gasteiger partial charge >= 0.3 is 0 Å². The van der Waals surface area contributed by atoms with Gasteiger partial charge < -0.3 is 10.2 Å². The molecule has 2 amide bonds. The van der Waals surface area contributed by atoms with Gasteiger partial charge in [-0.1, -0.05) is 66.6 Å². The molecule has 1 aliphatic rings. The van der Waals surface area contributed by atoms with Gasteiger partial charge in [0.05, 0.1) is 0 Å². The molecule has 0 radical (unpaired) electrons. The zero-order valence-electron chi connectivity index (χ0n) is 18.0. The smallest absolute Gasteiger partial charge is 0.298 e. The number of nitrogens with one attached hydrogen (secondary N) is 1. The molecule has 3 aromatic rings. The Morgan fingerprint density at radius 1 is 0.875 bits per heavy atom. The number of likely N-dealkylation sites (tertiary alicyclic amines) is 1. The van der Waals surface area contributed by atoms with Crippen LogP contribution < -0.4 is 5.32 Å². The van der Waals surface area contributed by atoms with Crippen LogP contribution >= 0.6 is 0 Å². The van der Waals surface area contributed by atoms with Crippen LogP contribution in [0.2, 0.25) is 0 Å². The van der Waals surface area contributed by atoms with E-state index in [4.69, 9.17) is 0 Å². The molecule has 1 heterocycles. The van der Waals surface area contributed by atoms with E-state index in [9.17, 15) is 9.59 Å². The Morgan fingerprint density at radius 2 is 1.53 bits per heavy atom. The van der Waals surface area contributed by atoms with E-state index in [1.807, 2.05) is 72.8 Å². The monoisotopic (exact) mass is 422 g/mol. The van der Waals surface area contributed by atoms with E-state index in [0.29, 0.717) is 25.2 Å². The summed E-state index contributed by atoms with van der Waals surface area (Å²) in [5.74, 6) is 5.68. The first kappa shape index (κ1) is 21.4. The molecule has 0 unspecified atom stereocenters. The standard InChI is InChI=1S/C28H26N2O2/c31-27(18-13-22-8-3-1-4-9-22)30-19-7-10-23(21-30)20-29-28(32)26-16-14-25(15-17-26)24-11-5-2-6-12-24/h1-6,8-9,11-12,14-17,23H,7,10,19-21H2,(H,29,32)/t23-/m1/s1. The number of nitrogens with zero attached hydrogens (tertiary/aromatic N) is 1. The third-order valence-corrected chi connectivity index (χ3v) is 5.70. The second kappa shape index (κ2) is 10.5. The van der Waals surface area contributed by atoms with Gasteiger partial charge in [-0.05, 0) is 54.2 Å². The summed E-state index contributed by atoms with van der Waals surface area (Å²) < 4.78 is 0. The van der Waals surface area contributed by atoms with Gasteiger partial charge in [0.2, 0.25) is 0 Å². The van der Waals surface area contributed by atoms with E-state index in [-0.39, 0.29) is 17.7 Å². The third-order valence-electron chi connectivity index (χ3n) is 5.70. The molecule has 4 nitrogen and oxygen atoms in total. The van der Waals surface area contributed by atoms with E-state index in [0.717, 1.165) is 29.5 Å². The molecule has 1 atom stereocenters. The Labute approximate surface area is 189 Å². The zero-order valence-corrected chi connectivity index (χ0v) is 18.0. The van der Waals surface area contributed by atoms with Crippen LogP contribution in [0.15, 0.2) is 84.9 Å². The lowest BCUT2D eigenvalue weighted by Crippen LogP contribution is -2.43. The molecular formula is C28H26N2O2. The van der Waals surface area contributed by atoms with Gasteiger partial charge in [0.15, 0.2) is 0 Å². The predicted octanol–water partition coefficient (Wildman–Crippen LogP) is 4.37. The number of amides is 2. The Hall–Kier alpha value is -3.84. The van der Waals surface area contributed by atoms with Crippen molar-refractivity contribution < 1.29 is 9.59 Å². The van der Waals surface area contributed by atoms with Gasteiger partial charge in [-0.2, -0.15) is 0 Å². The van der Waals surface area contributed by atoms with Crippen LogP contribution in [0, 0.1) is 17.8 Å². The Bertz CT molecular complexity index is 1110. The molecule has 32 heavy (non-hydrogen) atoms. The quantitative estimate of drug-likeness (QED) is 0.635. The Balaban J connectivity index is 1.29. The molecule has 1 saturated heterocycles. The fourth-order valence-electron chi connectivity index (χ4n) is 3.93. The van der Waals surface area contributed by atoms with E-state index in [1.54, 1.807) is 4.90 Å². The number of piperidine rings is 1. The second-order valence-electron chi connectivity index (χ2n) is 8.03. The molecule has 1 fully saturated rings. The largest absolute Gasteiger partial charge is 0.352 e. The van der Waals surface area contributed by atoms with Crippen molar-refractivity contribution in [3.05, 3.63) is 96.1 Å². The number of carbonyl (C=O) groups is 2. The van der Waals surface area contributed by atoms with Crippen LogP contribution in [-0.2, 0) is 4.79 Å². The topological polar surface area (TPSA) is 49.4 Å². The molecule has 0 spiro atoms. The van der Waals surface area contributed by atoms with Gasteiger partial charge in [-0.25, -0.2) is 0 Å². The van der Waals surface area contributed by atoms with Crippen molar-refractivity contribution in [2.24, 2.45) is 5.92 Å². The second-order valence-corrected chi connectivity index (χ2v) is 8.03. The lowest BCUT2D eigenvalue weighted by Gasteiger charge is -2.31. The summed E-state index contributed by atoms with van der Waals surface area (Å²) in [6.07, 6.45) is 1.91. The molecule has 1 aliphatic heterocycles. The van der Waals surface area contributed by atoms with E-state index in [1.165, 1.54) is 0 Å². The zero-order chi connectivity index (χ0) is 22.2. The normalized spacial score (nSPS) is 15.4. The molecule has 3 aromatic carbocycles. The van der Waals surface area contributed by atoms with Crippen molar-refractivity contribution in [3.63, 3.8) is 0 Å². The maximum atomic E-state index is 12.6.